The molecule has 0 atom stereocenters. The van der Waals surface area contributed by atoms with Crippen molar-refractivity contribution in [3.8, 4) is 0 Å². The first kappa shape index (κ1) is 16.0. The highest BCUT2D eigenvalue weighted by Crippen LogP contribution is 2.22. The molecule has 24 heavy (non-hydrogen) atoms. The first-order valence-electron chi connectivity index (χ1n) is 7.13. The molecule has 0 amide bonds. The monoisotopic (exact) mass is 345 g/mol. The molecule has 1 heterocycles. The summed E-state index contributed by atoms with van der Waals surface area (Å²) in [6, 6.07) is 9.57. The van der Waals surface area contributed by atoms with Crippen LogP contribution in [0.4, 0.5) is 5.69 Å². The highest BCUT2D eigenvalue weighted by Gasteiger charge is 2.16. The molecule has 0 aliphatic heterocycles. The zero-order valence-electron chi connectivity index (χ0n) is 13.0. The van der Waals surface area contributed by atoms with E-state index in [9.17, 15) is 18.0 Å². The summed E-state index contributed by atoms with van der Waals surface area (Å²) in [5.41, 5.74) is 1.19. The van der Waals surface area contributed by atoms with Crippen LogP contribution in [0.3, 0.4) is 0 Å². The molecule has 0 spiro atoms. The molecule has 1 aromatic heterocycles. The molecule has 0 aliphatic rings. The zero-order chi connectivity index (χ0) is 17.5. The number of nitrogens with one attached hydrogen (secondary N) is 3. The lowest BCUT2D eigenvalue weighted by Crippen LogP contribution is -2.29. The minimum Gasteiger partial charge on any atom is -0.316 e. The minimum atomic E-state index is -3.83. The van der Waals surface area contributed by atoms with E-state index in [0.717, 1.165) is 11.1 Å². The summed E-state index contributed by atoms with van der Waals surface area (Å²) in [7, 11) is -3.83. The number of rotatable bonds is 3. The van der Waals surface area contributed by atoms with Gasteiger partial charge in [0.05, 0.1) is 21.6 Å². The first-order valence-corrected chi connectivity index (χ1v) is 8.61. The Balaban J connectivity index is 2.08. The van der Waals surface area contributed by atoms with Crippen molar-refractivity contribution >= 4 is 26.7 Å². The molecular weight excluding hydrogens is 330 g/mol. The molecule has 0 saturated carbocycles. The van der Waals surface area contributed by atoms with Crippen molar-refractivity contribution in [3.63, 3.8) is 0 Å². The van der Waals surface area contributed by atoms with Crippen molar-refractivity contribution in [2.45, 2.75) is 18.7 Å². The molecule has 8 heteroatoms. The van der Waals surface area contributed by atoms with Crippen LogP contribution in [0.2, 0.25) is 0 Å². The van der Waals surface area contributed by atoms with Crippen LogP contribution < -0.4 is 15.8 Å². The number of sulfonamides is 1. The van der Waals surface area contributed by atoms with Crippen LogP contribution in [0.25, 0.3) is 11.0 Å². The Morgan fingerprint density at radius 1 is 0.875 bits per heavy atom. The fourth-order valence-corrected chi connectivity index (χ4v) is 3.46. The maximum Gasteiger partial charge on any atom is 0.314 e. The standard InChI is InChI=1S/C16H15N3O4S/c1-9-3-4-10(2)13(7-9)19-24(22,23)11-5-6-12-14(8-11)18-16(21)15(20)17-12/h3-8,19H,1-2H3,(H,17,20)(H,18,21). The number of aromatic amines is 2. The molecule has 0 aliphatic carbocycles. The third kappa shape index (κ3) is 2.95. The van der Waals surface area contributed by atoms with E-state index in [1.807, 2.05) is 19.1 Å². The van der Waals surface area contributed by atoms with E-state index < -0.39 is 21.1 Å². The Bertz CT molecular complexity index is 1160. The average Bonchev–Trinajstić information content (AvgIpc) is 2.51. The average molecular weight is 345 g/mol. The molecule has 2 aromatic carbocycles. The Kier molecular flexibility index (Phi) is 3.76. The molecule has 0 bridgehead atoms. The maximum atomic E-state index is 12.6. The number of aromatic nitrogens is 2. The SMILES string of the molecule is Cc1ccc(C)c(NS(=O)(=O)c2ccc3[nH]c(=O)c(=O)[nH]c3c2)c1. The second-order valence-corrected chi connectivity index (χ2v) is 7.22. The quantitative estimate of drug-likeness (QED) is 0.626. The van der Waals surface area contributed by atoms with Gasteiger partial charge in [-0.1, -0.05) is 12.1 Å². The van der Waals surface area contributed by atoms with Crippen molar-refractivity contribution in [1.82, 2.24) is 9.97 Å². The van der Waals surface area contributed by atoms with E-state index in [2.05, 4.69) is 14.7 Å². The van der Waals surface area contributed by atoms with Gasteiger partial charge in [0, 0.05) is 0 Å². The van der Waals surface area contributed by atoms with E-state index >= 15 is 0 Å². The van der Waals surface area contributed by atoms with Gasteiger partial charge >= 0.3 is 11.1 Å². The highest BCUT2D eigenvalue weighted by molar-refractivity contribution is 7.92. The second-order valence-electron chi connectivity index (χ2n) is 5.54. The molecule has 3 N–H and O–H groups in total. The van der Waals surface area contributed by atoms with E-state index in [1.54, 1.807) is 13.0 Å². The van der Waals surface area contributed by atoms with Gasteiger partial charge in [-0.15, -0.1) is 0 Å². The van der Waals surface area contributed by atoms with Crippen LogP contribution in [0.1, 0.15) is 11.1 Å². The number of H-pyrrole nitrogens is 2. The molecule has 0 unspecified atom stereocenters. The van der Waals surface area contributed by atoms with Crippen molar-refractivity contribution in [3.05, 3.63) is 68.2 Å². The van der Waals surface area contributed by atoms with Crippen LogP contribution in [0.15, 0.2) is 50.9 Å². The van der Waals surface area contributed by atoms with Gasteiger partial charge in [0.15, 0.2) is 0 Å². The molecular formula is C16H15N3O4S. The Morgan fingerprint density at radius 3 is 2.25 bits per heavy atom. The van der Waals surface area contributed by atoms with Gasteiger partial charge in [-0.05, 0) is 49.2 Å². The van der Waals surface area contributed by atoms with Gasteiger partial charge in [0.2, 0.25) is 0 Å². The van der Waals surface area contributed by atoms with Crippen molar-refractivity contribution in [1.29, 1.82) is 0 Å². The number of aryl methyl sites for hydroxylation is 2. The number of fused-ring (bicyclic) bond motifs is 1. The molecule has 0 saturated heterocycles. The molecule has 3 aromatic rings. The molecule has 7 nitrogen and oxygen atoms in total. The van der Waals surface area contributed by atoms with Crippen LogP contribution in [-0.4, -0.2) is 18.4 Å². The van der Waals surface area contributed by atoms with E-state index in [0.29, 0.717) is 11.2 Å². The largest absolute Gasteiger partial charge is 0.316 e. The smallest absolute Gasteiger partial charge is 0.314 e. The lowest BCUT2D eigenvalue weighted by molar-refractivity contribution is 0.601. The van der Waals surface area contributed by atoms with Crippen molar-refractivity contribution < 1.29 is 8.42 Å². The van der Waals surface area contributed by atoms with Gasteiger partial charge < -0.3 is 9.97 Å². The molecule has 3 rings (SSSR count). The van der Waals surface area contributed by atoms with Gasteiger partial charge in [-0.3, -0.25) is 14.3 Å². The van der Waals surface area contributed by atoms with E-state index in [1.165, 1.54) is 18.2 Å². The molecule has 0 fully saturated rings. The maximum absolute atomic E-state index is 12.6. The normalized spacial score (nSPS) is 11.6. The van der Waals surface area contributed by atoms with Crippen LogP contribution in [0.5, 0.6) is 0 Å². The fourth-order valence-electron chi connectivity index (χ4n) is 2.31. The van der Waals surface area contributed by atoms with Crippen molar-refractivity contribution in [2.24, 2.45) is 0 Å². The third-order valence-electron chi connectivity index (χ3n) is 3.64. The van der Waals surface area contributed by atoms with Crippen LogP contribution >= 0.6 is 0 Å². The predicted molar refractivity (Wildman–Crippen MR) is 91.9 cm³/mol. The van der Waals surface area contributed by atoms with Gasteiger partial charge in [-0.25, -0.2) is 8.42 Å². The summed E-state index contributed by atoms with van der Waals surface area (Å²) >= 11 is 0. The second kappa shape index (κ2) is 5.64. The Labute approximate surface area is 137 Å². The fraction of sp³-hybridized carbons (Fsp3) is 0.125. The molecule has 124 valence electrons. The van der Waals surface area contributed by atoms with Crippen molar-refractivity contribution in [2.75, 3.05) is 4.72 Å². The van der Waals surface area contributed by atoms with Crippen LogP contribution in [0, 0.1) is 13.8 Å². The summed E-state index contributed by atoms with van der Waals surface area (Å²) < 4.78 is 27.7. The summed E-state index contributed by atoms with van der Waals surface area (Å²) in [4.78, 5) is 27.4. The number of benzene rings is 2. The number of hydrogen-bond acceptors (Lipinski definition) is 4. The predicted octanol–water partition coefficient (Wildman–Crippen LogP) is 1.63. The topological polar surface area (TPSA) is 112 Å². The number of hydrogen-bond donors (Lipinski definition) is 3. The zero-order valence-corrected chi connectivity index (χ0v) is 13.8. The summed E-state index contributed by atoms with van der Waals surface area (Å²) in [5, 5.41) is 0. The van der Waals surface area contributed by atoms with E-state index in [4.69, 9.17) is 0 Å². The lowest BCUT2D eigenvalue weighted by Gasteiger charge is -2.11. The Hall–Kier alpha value is -2.87. The van der Waals surface area contributed by atoms with E-state index in [-0.39, 0.29) is 10.4 Å². The lowest BCUT2D eigenvalue weighted by atomic mass is 10.1. The molecule has 0 radical (unpaired) electrons. The summed E-state index contributed by atoms with van der Waals surface area (Å²) in [6.45, 7) is 3.67. The Morgan fingerprint density at radius 2 is 1.54 bits per heavy atom. The number of anilines is 1. The first-order chi connectivity index (χ1) is 11.3. The highest BCUT2D eigenvalue weighted by atomic mass is 32.2. The van der Waals surface area contributed by atoms with Gasteiger partial charge in [0.1, 0.15) is 0 Å². The van der Waals surface area contributed by atoms with Gasteiger partial charge in [-0.2, -0.15) is 0 Å². The van der Waals surface area contributed by atoms with Crippen LogP contribution in [-0.2, 0) is 10.0 Å². The van der Waals surface area contributed by atoms with Gasteiger partial charge in [0.25, 0.3) is 10.0 Å². The summed E-state index contributed by atoms with van der Waals surface area (Å²) in [6.07, 6.45) is 0. The summed E-state index contributed by atoms with van der Waals surface area (Å²) in [5.74, 6) is 0. The minimum absolute atomic E-state index is 0.0152. The third-order valence-corrected chi connectivity index (χ3v) is 5.00.